The van der Waals surface area contributed by atoms with Crippen molar-refractivity contribution >= 4 is 16.0 Å². The molecule has 0 aliphatic rings. The number of carbonyl (C=O) groups excluding carboxylic acids is 1. The van der Waals surface area contributed by atoms with Crippen molar-refractivity contribution in [2.75, 3.05) is 12.9 Å². The summed E-state index contributed by atoms with van der Waals surface area (Å²) < 4.78 is 26.2. The summed E-state index contributed by atoms with van der Waals surface area (Å²) in [6.07, 6.45) is 0.199. The van der Waals surface area contributed by atoms with Gasteiger partial charge in [-0.1, -0.05) is 18.2 Å². The van der Waals surface area contributed by atoms with Crippen molar-refractivity contribution in [3.05, 3.63) is 35.4 Å². The van der Waals surface area contributed by atoms with E-state index in [0.717, 1.165) is 0 Å². The number of hydrogen-bond acceptors (Lipinski definition) is 4. The van der Waals surface area contributed by atoms with Crippen LogP contribution < -0.4 is 5.14 Å². The first-order valence-corrected chi connectivity index (χ1v) is 6.32. The van der Waals surface area contributed by atoms with E-state index in [1.807, 2.05) is 0 Å². The van der Waals surface area contributed by atoms with E-state index >= 15 is 0 Å². The third-order valence-corrected chi connectivity index (χ3v) is 2.85. The van der Waals surface area contributed by atoms with Gasteiger partial charge < -0.3 is 4.74 Å². The normalized spacial score (nSPS) is 11.1. The molecule has 0 bridgehead atoms. The molecule has 0 radical (unpaired) electrons. The number of ether oxygens (including phenoxy) is 1. The maximum Gasteiger partial charge on any atom is 0.338 e. The molecule has 0 amide bonds. The van der Waals surface area contributed by atoms with Gasteiger partial charge in [-0.3, -0.25) is 0 Å². The summed E-state index contributed by atoms with van der Waals surface area (Å²) in [4.78, 5) is 11.4. The molecule has 0 aliphatic heterocycles. The molecule has 0 heterocycles. The average molecular weight is 243 g/mol. The Bertz CT molecular complexity index is 481. The maximum absolute atomic E-state index is 11.4. The molecular weight excluding hydrogens is 230 g/mol. The molecular formula is C10H13NO4S. The van der Waals surface area contributed by atoms with Crippen LogP contribution in [0.4, 0.5) is 0 Å². The van der Waals surface area contributed by atoms with Crippen LogP contribution in [-0.4, -0.2) is 27.2 Å². The van der Waals surface area contributed by atoms with Gasteiger partial charge in [-0.05, 0) is 18.1 Å². The average Bonchev–Trinajstić information content (AvgIpc) is 2.25. The van der Waals surface area contributed by atoms with Crippen LogP contribution in [0.15, 0.2) is 24.3 Å². The minimum atomic E-state index is -3.52. The highest BCUT2D eigenvalue weighted by Gasteiger charge is 2.12. The molecule has 0 saturated heterocycles. The van der Waals surface area contributed by atoms with Crippen LogP contribution in [-0.2, 0) is 21.2 Å². The Morgan fingerprint density at radius 1 is 1.38 bits per heavy atom. The predicted octanol–water partition coefficient (Wildman–Crippen LogP) is 0.304. The van der Waals surface area contributed by atoms with E-state index in [9.17, 15) is 13.2 Å². The fourth-order valence-corrected chi connectivity index (χ4v) is 1.80. The second-order valence-electron chi connectivity index (χ2n) is 3.27. The largest absolute Gasteiger partial charge is 0.465 e. The van der Waals surface area contributed by atoms with Crippen molar-refractivity contribution in [2.45, 2.75) is 6.42 Å². The van der Waals surface area contributed by atoms with Crippen molar-refractivity contribution in [2.24, 2.45) is 5.14 Å². The standard InChI is InChI=1S/C10H13NO4S/c1-15-10(12)9-5-3-2-4-8(9)6-7-16(11,13)14/h2-5H,6-7H2,1H3,(H2,11,13,14). The van der Waals surface area contributed by atoms with Crippen LogP contribution >= 0.6 is 0 Å². The summed E-state index contributed by atoms with van der Waals surface area (Å²) in [5.41, 5.74) is 0.983. The smallest absolute Gasteiger partial charge is 0.338 e. The third kappa shape index (κ3) is 3.63. The minimum Gasteiger partial charge on any atom is -0.465 e. The van der Waals surface area contributed by atoms with Crippen molar-refractivity contribution in [3.63, 3.8) is 0 Å². The van der Waals surface area contributed by atoms with Gasteiger partial charge in [0.05, 0.1) is 18.4 Å². The fraction of sp³-hybridized carbons (Fsp3) is 0.300. The number of rotatable bonds is 4. The van der Waals surface area contributed by atoms with Gasteiger partial charge in [-0.2, -0.15) is 0 Å². The van der Waals surface area contributed by atoms with E-state index in [0.29, 0.717) is 11.1 Å². The first-order valence-electron chi connectivity index (χ1n) is 4.61. The van der Waals surface area contributed by atoms with Crippen LogP contribution in [0.1, 0.15) is 15.9 Å². The summed E-state index contributed by atoms with van der Waals surface area (Å²) in [6.45, 7) is 0. The lowest BCUT2D eigenvalue weighted by atomic mass is 10.1. The number of sulfonamides is 1. The Morgan fingerprint density at radius 3 is 2.56 bits per heavy atom. The van der Waals surface area contributed by atoms with Crippen LogP contribution in [0.5, 0.6) is 0 Å². The van der Waals surface area contributed by atoms with Crippen molar-refractivity contribution in [1.29, 1.82) is 0 Å². The van der Waals surface area contributed by atoms with E-state index in [1.165, 1.54) is 7.11 Å². The molecule has 1 aromatic rings. The van der Waals surface area contributed by atoms with E-state index in [4.69, 9.17) is 5.14 Å². The molecule has 5 nitrogen and oxygen atoms in total. The lowest BCUT2D eigenvalue weighted by Gasteiger charge is -2.06. The number of benzene rings is 1. The molecule has 0 fully saturated rings. The highest BCUT2D eigenvalue weighted by atomic mass is 32.2. The second-order valence-corrected chi connectivity index (χ2v) is 5.00. The summed E-state index contributed by atoms with van der Waals surface area (Å²) >= 11 is 0. The van der Waals surface area contributed by atoms with Crippen molar-refractivity contribution in [1.82, 2.24) is 0 Å². The number of esters is 1. The molecule has 1 aromatic carbocycles. The molecule has 0 aromatic heterocycles. The first kappa shape index (κ1) is 12.7. The number of nitrogens with two attached hydrogens (primary N) is 1. The molecule has 0 unspecified atom stereocenters. The summed E-state index contributed by atoms with van der Waals surface area (Å²) in [5.74, 6) is -0.675. The van der Waals surface area contributed by atoms with Crippen LogP contribution in [0.3, 0.4) is 0 Å². The SMILES string of the molecule is COC(=O)c1ccccc1CCS(N)(=O)=O. The highest BCUT2D eigenvalue weighted by Crippen LogP contribution is 2.11. The Labute approximate surface area is 94.3 Å². The molecule has 6 heteroatoms. The van der Waals surface area contributed by atoms with E-state index in [2.05, 4.69) is 4.74 Å². The molecule has 0 spiro atoms. The Morgan fingerprint density at radius 2 is 2.00 bits per heavy atom. The molecule has 0 atom stereocenters. The van der Waals surface area contributed by atoms with Crippen LogP contribution in [0.25, 0.3) is 0 Å². The molecule has 0 aliphatic carbocycles. The molecule has 1 rings (SSSR count). The lowest BCUT2D eigenvalue weighted by molar-refractivity contribution is 0.0599. The molecule has 0 saturated carbocycles. The van der Waals surface area contributed by atoms with Crippen LogP contribution in [0, 0.1) is 0 Å². The van der Waals surface area contributed by atoms with Crippen LogP contribution in [0.2, 0.25) is 0 Å². The van der Waals surface area contributed by atoms with Crippen molar-refractivity contribution in [3.8, 4) is 0 Å². The monoisotopic (exact) mass is 243 g/mol. The lowest BCUT2D eigenvalue weighted by Crippen LogP contribution is -2.19. The Hall–Kier alpha value is -1.40. The summed E-state index contributed by atoms with van der Waals surface area (Å²) in [6, 6.07) is 6.68. The van der Waals surface area contributed by atoms with Gasteiger partial charge in [0.2, 0.25) is 10.0 Å². The number of carbonyl (C=O) groups is 1. The van der Waals surface area contributed by atoms with Gasteiger partial charge in [-0.15, -0.1) is 0 Å². The fourth-order valence-electron chi connectivity index (χ4n) is 1.30. The van der Waals surface area contributed by atoms with Gasteiger partial charge in [0.1, 0.15) is 0 Å². The quantitative estimate of drug-likeness (QED) is 0.771. The summed E-state index contributed by atoms with van der Waals surface area (Å²) in [7, 11) is -2.25. The number of hydrogen-bond donors (Lipinski definition) is 1. The van der Waals surface area contributed by atoms with E-state index in [1.54, 1.807) is 24.3 Å². The third-order valence-electron chi connectivity index (χ3n) is 2.08. The highest BCUT2D eigenvalue weighted by molar-refractivity contribution is 7.89. The molecule has 88 valence electrons. The zero-order chi connectivity index (χ0) is 12.2. The van der Waals surface area contributed by atoms with Gasteiger partial charge in [-0.25, -0.2) is 18.4 Å². The topological polar surface area (TPSA) is 86.5 Å². The predicted molar refractivity (Wildman–Crippen MR) is 59.5 cm³/mol. The number of primary sulfonamides is 1. The van der Waals surface area contributed by atoms with E-state index < -0.39 is 16.0 Å². The Balaban J connectivity index is 2.91. The first-order chi connectivity index (χ1) is 7.44. The minimum absolute atomic E-state index is 0.193. The zero-order valence-corrected chi connectivity index (χ0v) is 9.66. The number of aryl methyl sites for hydroxylation is 1. The van der Waals surface area contributed by atoms with E-state index in [-0.39, 0.29) is 12.2 Å². The van der Waals surface area contributed by atoms with Gasteiger partial charge in [0, 0.05) is 0 Å². The van der Waals surface area contributed by atoms with Gasteiger partial charge in [0.15, 0.2) is 0 Å². The second kappa shape index (κ2) is 5.09. The molecule has 2 N–H and O–H groups in total. The van der Waals surface area contributed by atoms with Gasteiger partial charge >= 0.3 is 5.97 Å². The number of methoxy groups -OCH3 is 1. The molecule has 16 heavy (non-hydrogen) atoms. The Kier molecular flexibility index (Phi) is 4.03. The maximum atomic E-state index is 11.4. The zero-order valence-electron chi connectivity index (χ0n) is 8.84. The van der Waals surface area contributed by atoms with Gasteiger partial charge in [0.25, 0.3) is 0 Å². The summed E-state index contributed by atoms with van der Waals surface area (Å²) in [5, 5.41) is 4.90. The van der Waals surface area contributed by atoms with Crippen molar-refractivity contribution < 1.29 is 17.9 Å².